The van der Waals surface area contributed by atoms with E-state index in [2.05, 4.69) is 10.6 Å². The molecule has 5 nitrogen and oxygen atoms in total. The third-order valence-corrected chi connectivity index (χ3v) is 4.02. The first-order chi connectivity index (χ1) is 10.7. The van der Waals surface area contributed by atoms with Crippen molar-refractivity contribution < 1.29 is 14.3 Å². The summed E-state index contributed by atoms with van der Waals surface area (Å²) in [5.74, 6) is 1.06. The second-order valence-corrected chi connectivity index (χ2v) is 5.76. The molecule has 2 rings (SSSR count). The highest BCUT2D eigenvalue weighted by atomic mass is 16.5. The lowest BCUT2D eigenvalue weighted by Gasteiger charge is -2.10. The number of methoxy groups -OCH3 is 1. The molecule has 0 aromatic heterocycles. The van der Waals surface area contributed by atoms with E-state index in [0.29, 0.717) is 18.9 Å². The molecule has 0 bridgehead atoms. The maximum atomic E-state index is 11.8. The van der Waals surface area contributed by atoms with Crippen molar-refractivity contribution in [1.29, 1.82) is 0 Å². The van der Waals surface area contributed by atoms with Crippen molar-refractivity contribution in [2.75, 3.05) is 13.7 Å². The summed E-state index contributed by atoms with van der Waals surface area (Å²) in [5, 5.41) is 5.48. The van der Waals surface area contributed by atoms with Crippen molar-refractivity contribution in [3.8, 4) is 5.75 Å². The predicted octanol–water partition coefficient (Wildman–Crippen LogP) is 2.01. The number of hydrogen-bond donors (Lipinski definition) is 2. The summed E-state index contributed by atoms with van der Waals surface area (Å²) in [5.41, 5.74) is 0.963. The Morgan fingerprint density at radius 3 is 2.68 bits per heavy atom. The minimum atomic E-state index is -0.178. The Morgan fingerprint density at radius 2 is 1.95 bits per heavy atom. The molecule has 1 aliphatic carbocycles. The normalized spacial score (nSPS) is 14.6. The van der Waals surface area contributed by atoms with Gasteiger partial charge in [-0.15, -0.1) is 0 Å². The molecule has 0 unspecified atom stereocenters. The fourth-order valence-electron chi connectivity index (χ4n) is 2.77. The zero-order valence-corrected chi connectivity index (χ0v) is 13.1. The fourth-order valence-corrected chi connectivity index (χ4v) is 2.77. The summed E-state index contributed by atoms with van der Waals surface area (Å²) in [6, 6.07) is 7.53. The van der Waals surface area contributed by atoms with Crippen molar-refractivity contribution in [2.45, 2.75) is 38.6 Å². The monoisotopic (exact) mass is 304 g/mol. The van der Waals surface area contributed by atoms with Crippen LogP contribution in [0.15, 0.2) is 24.3 Å². The van der Waals surface area contributed by atoms with Crippen LogP contribution in [0, 0.1) is 5.92 Å². The number of ether oxygens (including phenoxy) is 1. The van der Waals surface area contributed by atoms with Gasteiger partial charge in [0.05, 0.1) is 13.7 Å². The molecular formula is C17H24N2O3. The zero-order valence-electron chi connectivity index (χ0n) is 13.1. The van der Waals surface area contributed by atoms with Crippen LogP contribution in [0.25, 0.3) is 0 Å². The van der Waals surface area contributed by atoms with Crippen LogP contribution >= 0.6 is 0 Å². The van der Waals surface area contributed by atoms with Crippen LogP contribution in [-0.2, 0) is 16.1 Å². The maximum Gasteiger partial charge on any atom is 0.239 e. The van der Waals surface area contributed by atoms with Gasteiger partial charge in [0.2, 0.25) is 11.8 Å². The molecule has 0 saturated heterocycles. The SMILES string of the molecule is COc1cccc(CNC(=O)CNC(=O)CC2CCCC2)c1. The van der Waals surface area contributed by atoms with Gasteiger partial charge in [-0.3, -0.25) is 9.59 Å². The molecule has 0 spiro atoms. The summed E-state index contributed by atoms with van der Waals surface area (Å²) >= 11 is 0. The van der Waals surface area contributed by atoms with E-state index in [9.17, 15) is 9.59 Å². The highest BCUT2D eigenvalue weighted by molar-refractivity contribution is 5.84. The second kappa shape index (κ2) is 8.41. The molecule has 0 aliphatic heterocycles. The van der Waals surface area contributed by atoms with Crippen molar-refractivity contribution in [1.82, 2.24) is 10.6 Å². The summed E-state index contributed by atoms with van der Waals surface area (Å²) in [6.45, 7) is 0.462. The molecule has 1 saturated carbocycles. The molecule has 22 heavy (non-hydrogen) atoms. The first-order valence-corrected chi connectivity index (χ1v) is 7.83. The predicted molar refractivity (Wildman–Crippen MR) is 84.4 cm³/mol. The molecule has 2 amide bonds. The van der Waals surface area contributed by atoms with Crippen molar-refractivity contribution in [3.05, 3.63) is 29.8 Å². The van der Waals surface area contributed by atoms with E-state index in [0.717, 1.165) is 24.2 Å². The number of nitrogens with one attached hydrogen (secondary N) is 2. The average molecular weight is 304 g/mol. The van der Waals surface area contributed by atoms with Gasteiger partial charge in [-0.2, -0.15) is 0 Å². The van der Waals surface area contributed by atoms with Crippen LogP contribution in [-0.4, -0.2) is 25.5 Å². The van der Waals surface area contributed by atoms with E-state index in [1.165, 1.54) is 12.8 Å². The van der Waals surface area contributed by atoms with Gasteiger partial charge in [0.15, 0.2) is 0 Å². The summed E-state index contributed by atoms with van der Waals surface area (Å²) in [6.07, 6.45) is 5.26. The van der Waals surface area contributed by atoms with Crippen LogP contribution in [0.5, 0.6) is 5.75 Å². The van der Waals surface area contributed by atoms with E-state index in [1.54, 1.807) is 7.11 Å². The number of hydrogen-bond acceptors (Lipinski definition) is 3. The topological polar surface area (TPSA) is 67.4 Å². The van der Waals surface area contributed by atoms with Crippen LogP contribution < -0.4 is 15.4 Å². The molecule has 2 N–H and O–H groups in total. The lowest BCUT2D eigenvalue weighted by molar-refractivity contribution is -0.126. The minimum absolute atomic E-state index is 0.0246. The average Bonchev–Trinajstić information content (AvgIpc) is 3.04. The quantitative estimate of drug-likeness (QED) is 0.809. The Hall–Kier alpha value is -2.04. The van der Waals surface area contributed by atoms with E-state index >= 15 is 0 Å². The van der Waals surface area contributed by atoms with Gasteiger partial charge in [-0.25, -0.2) is 0 Å². The first-order valence-electron chi connectivity index (χ1n) is 7.83. The third kappa shape index (κ3) is 5.39. The van der Waals surface area contributed by atoms with Gasteiger partial charge in [0, 0.05) is 13.0 Å². The standard InChI is InChI=1S/C17H24N2O3/c1-22-15-8-4-7-14(9-15)11-18-17(21)12-19-16(20)10-13-5-2-3-6-13/h4,7-9,13H,2-3,5-6,10-12H2,1H3,(H,18,21)(H,19,20). The van der Waals surface area contributed by atoms with Gasteiger partial charge in [0.25, 0.3) is 0 Å². The summed E-state index contributed by atoms with van der Waals surface area (Å²) < 4.78 is 5.13. The number of rotatable bonds is 7. The second-order valence-electron chi connectivity index (χ2n) is 5.76. The van der Waals surface area contributed by atoms with E-state index in [-0.39, 0.29) is 18.4 Å². The van der Waals surface area contributed by atoms with Crippen molar-refractivity contribution in [3.63, 3.8) is 0 Å². The first kappa shape index (κ1) is 16.3. The van der Waals surface area contributed by atoms with Gasteiger partial charge >= 0.3 is 0 Å². The smallest absolute Gasteiger partial charge is 0.239 e. The van der Waals surface area contributed by atoms with Gasteiger partial charge in [0.1, 0.15) is 5.75 Å². The Kier molecular flexibility index (Phi) is 6.25. The lowest BCUT2D eigenvalue weighted by Crippen LogP contribution is -2.37. The molecule has 0 radical (unpaired) electrons. The van der Waals surface area contributed by atoms with Crippen LogP contribution in [0.2, 0.25) is 0 Å². The van der Waals surface area contributed by atoms with E-state index < -0.39 is 0 Å². The number of carbonyl (C=O) groups is 2. The third-order valence-electron chi connectivity index (χ3n) is 4.02. The van der Waals surface area contributed by atoms with Gasteiger partial charge in [-0.05, 0) is 36.5 Å². The maximum absolute atomic E-state index is 11.8. The Labute approximate surface area is 131 Å². The molecule has 1 aromatic carbocycles. The molecule has 1 fully saturated rings. The Balaban J connectivity index is 1.65. The zero-order chi connectivity index (χ0) is 15.8. The highest BCUT2D eigenvalue weighted by Crippen LogP contribution is 2.27. The number of benzene rings is 1. The Morgan fingerprint density at radius 1 is 1.18 bits per heavy atom. The van der Waals surface area contributed by atoms with Crippen molar-refractivity contribution >= 4 is 11.8 Å². The van der Waals surface area contributed by atoms with Gasteiger partial charge in [-0.1, -0.05) is 25.0 Å². The molecule has 1 aliphatic rings. The van der Waals surface area contributed by atoms with Gasteiger partial charge < -0.3 is 15.4 Å². The minimum Gasteiger partial charge on any atom is -0.497 e. The fraction of sp³-hybridized carbons (Fsp3) is 0.529. The molecule has 1 aromatic rings. The number of amides is 2. The molecule has 0 atom stereocenters. The molecule has 5 heteroatoms. The molecule has 120 valence electrons. The molecule has 0 heterocycles. The number of carbonyl (C=O) groups excluding carboxylic acids is 2. The summed E-state index contributed by atoms with van der Waals surface area (Å²) in [4.78, 5) is 23.5. The van der Waals surface area contributed by atoms with Crippen LogP contribution in [0.4, 0.5) is 0 Å². The lowest BCUT2D eigenvalue weighted by atomic mass is 10.0. The van der Waals surface area contributed by atoms with E-state index in [4.69, 9.17) is 4.74 Å². The van der Waals surface area contributed by atoms with Crippen LogP contribution in [0.3, 0.4) is 0 Å². The highest BCUT2D eigenvalue weighted by Gasteiger charge is 2.18. The Bertz CT molecular complexity index is 510. The molecular weight excluding hydrogens is 280 g/mol. The van der Waals surface area contributed by atoms with Crippen LogP contribution in [0.1, 0.15) is 37.7 Å². The largest absolute Gasteiger partial charge is 0.497 e. The summed E-state index contributed by atoms with van der Waals surface area (Å²) in [7, 11) is 1.61. The van der Waals surface area contributed by atoms with E-state index in [1.807, 2.05) is 24.3 Å². The van der Waals surface area contributed by atoms with Crippen molar-refractivity contribution in [2.24, 2.45) is 5.92 Å².